The molecule has 16 heavy (non-hydrogen) atoms. The maximum Gasteiger partial charge on any atom is 0.352 e. The van der Waals surface area contributed by atoms with Gasteiger partial charge in [-0.1, -0.05) is 11.6 Å². The van der Waals surface area contributed by atoms with Gasteiger partial charge in [0.1, 0.15) is 5.69 Å². The van der Waals surface area contributed by atoms with Crippen LogP contribution in [0.2, 0.25) is 5.02 Å². The van der Waals surface area contributed by atoms with Crippen molar-refractivity contribution in [3.05, 3.63) is 40.7 Å². The maximum atomic E-state index is 10.8. The summed E-state index contributed by atoms with van der Waals surface area (Å²) in [6.45, 7) is 1.74. The summed E-state index contributed by atoms with van der Waals surface area (Å²) in [7, 11) is 0. The SMILES string of the molecule is Cc1cc(-c2ccc(Cl)cn2)[nH]c1C(=O)O. The Morgan fingerprint density at radius 1 is 1.50 bits per heavy atom. The number of aromatic nitrogens is 2. The van der Waals surface area contributed by atoms with Crippen molar-refractivity contribution < 1.29 is 9.90 Å². The summed E-state index contributed by atoms with van der Waals surface area (Å²) in [5.41, 5.74) is 2.21. The van der Waals surface area contributed by atoms with E-state index in [2.05, 4.69) is 9.97 Å². The molecule has 82 valence electrons. The van der Waals surface area contributed by atoms with Crippen LogP contribution in [0.3, 0.4) is 0 Å². The lowest BCUT2D eigenvalue weighted by atomic mass is 10.2. The van der Waals surface area contributed by atoms with Crippen LogP contribution in [0.5, 0.6) is 0 Å². The monoisotopic (exact) mass is 236 g/mol. The quantitative estimate of drug-likeness (QED) is 0.843. The molecule has 0 amide bonds. The maximum absolute atomic E-state index is 10.8. The molecular weight excluding hydrogens is 228 g/mol. The van der Waals surface area contributed by atoms with Crippen molar-refractivity contribution in [3.8, 4) is 11.4 Å². The molecule has 0 unspecified atom stereocenters. The van der Waals surface area contributed by atoms with Crippen molar-refractivity contribution in [2.75, 3.05) is 0 Å². The molecule has 0 aliphatic rings. The number of nitrogens with one attached hydrogen (secondary N) is 1. The molecule has 0 spiro atoms. The summed E-state index contributed by atoms with van der Waals surface area (Å²) in [6.07, 6.45) is 1.52. The standard InChI is InChI=1S/C11H9ClN2O2/c1-6-4-9(14-10(6)11(15)16)8-3-2-7(12)5-13-8/h2-5,14H,1H3,(H,15,16). The fourth-order valence-corrected chi connectivity index (χ4v) is 1.57. The Balaban J connectivity index is 2.45. The highest BCUT2D eigenvalue weighted by Crippen LogP contribution is 2.20. The molecule has 4 nitrogen and oxygen atoms in total. The van der Waals surface area contributed by atoms with Gasteiger partial charge in [-0.15, -0.1) is 0 Å². The van der Waals surface area contributed by atoms with Gasteiger partial charge in [0.2, 0.25) is 0 Å². The Bertz CT molecular complexity index is 531. The van der Waals surface area contributed by atoms with Crippen LogP contribution >= 0.6 is 11.6 Å². The van der Waals surface area contributed by atoms with Crippen molar-refractivity contribution in [2.45, 2.75) is 6.92 Å². The number of rotatable bonds is 2. The fourth-order valence-electron chi connectivity index (χ4n) is 1.45. The fraction of sp³-hybridized carbons (Fsp3) is 0.0909. The molecule has 0 radical (unpaired) electrons. The van der Waals surface area contributed by atoms with Gasteiger partial charge < -0.3 is 10.1 Å². The summed E-state index contributed by atoms with van der Waals surface area (Å²) in [6, 6.07) is 5.19. The highest BCUT2D eigenvalue weighted by Gasteiger charge is 2.12. The molecule has 0 atom stereocenters. The smallest absolute Gasteiger partial charge is 0.352 e. The lowest BCUT2D eigenvalue weighted by Gasteiger charge is -1.96. The molecule has 2 heterocycles. The first-order valence-corrected chi connectivity index (χ1v) is 5.00. The van der Waals surface area contributed by atoms with Gasteiger partial charge in [0.05, 0.1) is 16.4 Å². The van der Waals surface area contributed by atoms with Gasteiger partial charge in [-0.25, -0.2) is 4.79 Å². The molecule has 0 aliphatic heterocycles. The molecular formula is C11H9ClN2O2. The molecule has 0 fully saturated rings. The van der Waals surface area contributed by atoms with Crippen LogP contribution < -0.4 is 0 Å². The van der Waals surface area contributed by atoms with E-state index in [-0.39, 0.29) is 5.69 Å². The van der Waals surface area contributed by atoms with E-state index in [1.54, 1.807) is 25.1 Å². The summed E-state index contributed by atoms with van der Waals surface area (Å²) in [5, 5.41) is 9.44. The third-order valence-corrected chi connectivity index (χ3v) is 2.46. The topological polar surface area (TPSA) is 66.0 Å². The molecule has 2 rings (SSSR count). The Kier molecular flexibility index (Phi) is 2.66. The highest BCUT2D eigenvalue weighted by molar-refractivity contribution is 6.30. The zero-order valence-electron chi connectivity index (χ0n) is 8.49. The predicted octanol–water partition coefficient (Wildman–Crippen LogP) is 2.74. The Morgan fingerprint density at radius 3 is 2.75 bits per heavy atom. The van der Waals surface area contributed by atoms with E-state index in [1.165, 1.54) is 6.20 Å². The number of aromatic carboxylic acids is 1. The van der Waals surface area contributed by atoms with Gasteiger partial charge >= 0.3 is 5.97 Å². The number of halogens is 1. The van der Waals surface area contributed by atoms with Crippen molar-refractivity contribution >= 4 is 17.6 Å². The number of carboxylic acids is 1. The number of nitrogens with zero attached hydrogens (tertiary/aromatic N) is 1. The minimum atomic E-state index is -0.974. The number of carboxylic acid groups (broad SMARTS) is 1. The first-order valence-electron chi connectivity index (χ1n) is 4.63. The molecule has 0 saturated heterocycles. The van der Waals surface area contributed by atoms with Crippen LogP contribution in [0.4, 0.5) is 0 Å². The van der Waals surface area contributed by atoms with E-state index >= 15 is 0 Å². The number of pyridine rings is 1. The van der Waals surface area contributed by atoms with E-state index in [1.807, 2.05) is 0 Å². The van der Waals surface area contributed by atoms with E-state index in [0.29, 0.717) is 22.0 Å². The third kappa shape index (κ3) is 1.92. The highest BCUT2D eigenvalue weighted by atomic mass is 35.5. The van der Waals surface area contributed by atoms with Crippen molar-refractivity contribution in [1.82, 2.24) is 9.97 Å². The number of hydrogen-bond donors (Lipinski definition) is 2. The number of H-pyrrole nitrogens is 1. The first kappa shape index (κ1) is 10.7. The number of aryl methyl sites for hydroxylation is 1. The normalized spacial score (nSPS) is 10.4. The molecule has 0 bridgehead atoms. The van der Waals surface area contributed by atoms with E-state index < -0.39 is 5.97 Å². The second-order valence-electron chi connectivity index (χ2n) is 3.41. The molecule has 2 N–H and O–H groups in total. The zero-order chi connectivity index (χ0) is 11.7. The molecule has 5 heteroatoms. The lowest BCUT2D eigenvalue weighted by molar-refractivity contribution is 0.0690. The van der Waals surface area contributed by atoms with Crippen LogP contribution in [0.1, 0.15) is 16.1 Å². The van der Waals surface area contributed by atoms with Gasteiger partial charge in [0, 0.05) is 6.20 Å². The van der Waals surface area contributed by atoms with Gasteiger partial charge in [-0.3, -0.25) is 4.98 Å². The molecule has 2 aromatic rings. The molecule has 0 aliphatic carbocycles. The molecule has 0 aromatic carbocycles. The molecule has 0 saturated carbocycles. The Morgan fingerprint density at radius 2 is 2.25 bits per heavy atom. The van der Waals surface area contributed by atoms with Crippen molar-refractivity contribution in [3.63, 3.8) is 0 Å². The molecule has 2 aromatic heterocycles. The summed E-state index contributed by atoms with van der Waals surface area (Å²) < 4.78 is 0. The van der Waals surface area contributed by atoms with Gasteiger partial charge in [-0.2, -0.15) is 0 Å². The Labute approximate surface area is 96.9 Å². The minimum absolute atomic E-state index is 0.187. The first-order chi connectivity index (χ1) is 7.58. The van der Waals surface area contributed by atoms with Crippen LogP contribution in [0, 0.1) is 6.92 Å². The second kappa shape index (κ2) is 3.98. The third-order valence-electron chi connectivity index (χ3n) is 2.23. The van der Waals surface area contributed by atoms with Gasteiger partial charge in [0.15, 0.2) is 0 Å². The van der Waals surface area contributed by atoms with Crippen LogP contribution in [0.25, 0.3) is 11.4 Å². The van der Waals surface area contributed by atoms with E-state index in [4.69, 9.17) is 16.7 Å². The number of aromatic amines is 1. The zero-order valence-corrected chi connectivity index (χ0v) is 9.25. The average Bonchev–Trinajstić information content (AvgIpc) is 2.61. The summed E-state index contributed by atoms with van der Waals surface area (Å²) >= 11 is 5.72. The van der Waals surface area contributed by atoms with Crippen molar-refractivity contribution in [2.24, 2.45) is 0 Å². The van der Waals surface area contributed by atoms with Gasteiger partial charge in [-0.05, 0) is 30.7 Å². The van der Waals surface area contributed by atoms with Crippen molar-refractivity contribution in [1.29, 1.82) is 0 Å². The van der Waals surface area contributed by atoms with Crippen LogP contribution in [-0.4, -0.2) is 21.0 Å². The predicted molar refractivity (Wildman–Crippen MR) is 60.7 cm³/mol. The Hall–Kier alpha value is -1.81. The minimum Gasteiger partial charge on any atom is -0.477 e. The average molecular weight is 237 g/mol. The number of carbonyl (C=O) groups is 1. The van der Waals surface area contributed by atoms with Crippen LogP contribution in [-0.2, 0) is 0 Å². The number of hydrogen-bond acceptors (Lipinski definition) is 2. The summed E-state index contributed by atoms with van der Waals surface area (Å²) in [4.78, 5) is 17.8. The van der Waals surface area contributed by atoms with Crippen LogP contribution in [0.15, 0.2) is 24.4 Å². The lowest BCUT2D eigenvalue weighted by Crippen LogP contribution is -1.98. The van der Waals surface area contributed by atoms with E-state index in [9.17, 15) is 4.79 Å². The van der Waals surface area contributed by atoms with Gasteiger partial charge in [0.25, 0.3) is 0 Å². The largest absolute Gasteiger partial charge is 0.477 e. The second-order valence-corrected chi connectivity index (χ2v) is 3.84. The summed E-state index contributed by atoms with van der Waals surface area (Å²) in [5.74, 6) is -0.974. The van der Waals surface area contributed by atoms with E-state index in [0.717, 1.165) is 0 Å².